The standard InChI is InChI=1S/C9H11N/c1-8(10-2)9-6-4-3-5-7-9/h3-8H,2H2,1H3. The van der Waals surface area contributed by atoms with Gasteiger partial charge in [-0.3, -0.25) is 4.99 Å². The Morgan fingerprint density at radius 1 is 1.30 bits per heavy atom. The summed E-state index contributed by atoms with van der Waals surface area (Å²) in [5.41, 5.74) is 1.22. The van der Waals surface area contributed by atoms with E-state index in [4.69, 9.17) is 0 Å². The molecular formula is C9H11N. The normalized spacial score (nSPS) is 12.5. The Morgan fingerprint density at radius 3 is 2.40 bits per heavy atom. The van der Waals surface area contributed by atoms with Crippen LogP contribution in [0, 0.1) is 0 Å². The van der Waals surface area contributed by atoms with Crippen molar-refractivity contribution < 1.29 is 0 Å². The molecule has 0 aromatic heterocycles. The molecule has 0 heterocycles. The van der Waals surface area contributed by atoms with Crippen LogP contribution in [0.1, 0.15) is 18.5 Å². The Kier molecular flexibility index (Phi) is 2.21. The van der Waals surface area contributed by atoms with Gasteiger partial charge in [-0.1, -0.05) is 30.3 Å². The molecule has 1 unspecified atom stereocenters. The first-order chi connectivity index (χ1) is 4.84. The predicted molar refractivity (Wildman–Crippen MR) is 44.4 cm³/mol. The SMILES string of the molecule is C=NC(C)c1ccccc1. The van der Waals surface area contributed by atoms with E-state index in [1.807, 2.05) is 25.1 Å². The van der Waals surface area contributed by atoms with E-state index < -0.39 is 0 Å². The third-order valence-corrected chi connectivity index (χ3v) is 1.56. The number of aliphatic imine (C=N–C) groups is 1. The summed E-state index contributed by atoms with van der Waals surface area (Å²) in [6.07, 6.45) is 0. The van der Waals surface area contributed by atoms with E-state index in [9.17, 15) is 0 Å². The summed E-state index contributed by atoms with van der Waals surface area (Å²) in [6.45, 7) is 5.52. The van der Waals surface area contributed by atoms with Crippen molar-refractivity contribution in [3.8, 4) is 0 Å². The number of rotatable bonds is 2. The zero-order valence-corrected chi connectivity index (χ0v) is 6.12. The summed E-state index contributed by atoms with van der Waals surface area (Å²) in [4.78, 5) is 3.91. The number of nitrogens with zero attached hydrogens (tertiary/aromatic N) is 1. The average molecular weight is 133 g/mol. The van der Waals surface area contributed by atoms with Crippen LogP contribution in [-0.4, -0.2) is 6.72 Å². The van der Waals surface area contributed by atoms with Crippen molar-refractivity contribution in [1.29, 1.82) is 0 Å². The second-order valence-electron chi connectivity index (χ2n) is 2.27. The highest BCUT2D eigenvalue weighted by Gasteiger charge is 1.97. The molecule has 0 saturated heterocycles. The quantitative estimate of drug-likeness (QED) is 0.549. The lowest BCUT2D eigenvalue weighted by molar-refractivity contribution is 0.828. The van der Waals surface area contributed by atoms with Gasteiger partial charge >= 0.3 is 0 Å². The second-order valence-corrected chi connectivity index (χ2v) is 2.27. The number of benzene rings is 1. The van der Waals surface area contributed by atoms with Crippen molar-refractivity contribution in [1.82, 2.24) is 0 Å². The molecule has 1 aromatic rings. The molecule has 0 aliphatic heterocycles. The predicted octanol–water partition coefficient (Wildman–Crippen LogP) is 2.45. The van der Waals surface area contributed by atoms with E-state index in [0.29, 0.717) is 0 Å². The van der Waals surface area contributed by atoms with E-state index in [1.165, 1.54) is 5.56 Å². The summed E-state index contributed by atoms with van der Waals surface area (Å²) < 4.78 is 0. The zero-order chi connectivity index (χ0) is 7.40. The van der Waals surface area contributed by atoms with Crippen LogP contribution in [0.3, 0.4) is 0 Å². The third-order valence-electron chi connectivity index (χ3n) is 1.56. The van der Waals surface area contributed by atoms with Gasteiger partial charge in [-0.15, -0.1) is 0 Å². The second kappa shape index (κ2) is 3.16. The van der Waals surface area contributed by atoms with Crippen LogP contribution in [0.4, 0.5) is 0 Å². The van der Waals surface area contributed by atoms with Gasteiger partial charge in [-0.2, -0.15) is 0 Å². The van der Waals surface area contributed by atoms with Gasteiger partial charge in [-0.05, 0) is 19.2 Å². The van der Waals surface area contributed by atoms with Crippen LogP contribution < -0.4 is 0 Å². The molecule has 1 rings (SSSR count). The van der Waals surface area contributed by atoms with Crippen molar-refractivity contribution in [2.75, 3.05) is 0 Å². The minimum Gasteiger partial charge on any atom is -0.293 e. The Hall–Kier alpha value is -1.11. The first kappa shape index (κ1) is 7.00. The largest absolute Gasteiger partial charge is 0.293 e. The molecule has 0 aliphatic carbocycles. The van der Waals surface area contributed by atoms with E-state index in [0.717, 1.165) is 0 Å². The molecule has 1 nitrogen and oxygen atoms in total. The maximum Gasteiger partial charge on any atom is 0.0713 e. The van der Waals surface area contributed by atoms with Gasteiger partial charge in [0.25, 0.3) is 0 Å². The average Bonchev–Trinajstić information content (AvgIpc) is 2.05. The molecule has 52 valence electrons. The van der Waals surface area contributed by atoms with Crippen molar-refractivity contribution in [2.24, 2.45) is 4.99 Å². The highest BCUT2D eigenvalue weighted by Crippen LogP contribution is 2.13. The van der Waals surface area contributed by atoms with Gasteiger partial charge < -0.3 is 0 Å². The molecule has 1 aromatic carbocycles. The van der Waals surface area contributed by atoms with Gasteiger partial charge in [0.15, 0.2) is 0 Å². The number of hydrogen-bond donors (Lipinski definition) is 0. The summed E-state index contributed by atoms with van der Waals surface area (Å²) >= 11 is 0. The molecule has 0 saturated carbocycles. The smallest absolute Gasteiger partial charge is 0.0713 e. The van der Waals surface area contributed by atoms with Crippen molar-refractivity contribution in [3.63, 3.8) is 0 Å². The Labute approximate surface area is 61.4 Å². The highest BCUT2D eigenvalue weighted by atomic mass is 14.7. The summed E-state index contributed by atoms with van der Waals surface area (Å²) in [7, 11) is 0. The van der Waals surface area contributed by atoms with Crippen molar-refractivity contribution in [2.45, 2.75) is 13.0 Å². The summed E-state index contributed by atoms with van der Waals surface area (Å²) in [5, 5.41) is 0. The van der Waals surface area contributed by atoms with E-state index in [-0.39, 0.29) is 6.04 Å². The van der Waals surface area contributed by atoms with Crippen LogP contribution >= 0.6 is 0 Å². The molecule has 0 aliphatic rings. The molecule has 0 N–H and O–H groups in total. The van der Waals surface area contributed by atoms with E-state index in [2.05, 4.69) is 23.8 Å². The summed E-state index contributed by atoms with van der Waals surface area (Å²) in [6, 6.07) is 10.4. The van der Waals surface area contributed by atoms with E-state index >= 15 is 0 Å². The third kappa shape index (κ3) is 1.44. The minimum atomic E-state index is 0.223. The molecule has 0 amide bonds. The van der Waals surface area contributed by atoms with Gasteiger partial charge in [-0.25, -0.2) is 0 Å². The van der Waals surface area contributed by atoms with Crippen LogP contribution in [0.25, 0.3) is 0 Å². The van der Waals surface area contributed by atoms with Crippen LogP contribution in [0.15, 0.2) is 35.3 Å². The number of hydrogen-bond acceptors (Lipinski definition) is 1. The lowest BCUT2D eigenvalue weighted by atomic mass is 10.1. The monoisotopic (exact) mass is 133 g/mol. The minimum absolute atomic E-state index is 0.223. The fraction of sp³-hybridized carbons (Fsp3) is 0.222. The van der Waals surface area contributed by atoms with Gasteiger partial charge in [0, 0.05) is 0 Å². The fourth-order valence-corrected chi connectivity index (χ4v) is 0.837. The molecular weight excluding hydrogens is 122 g/mol. The first-order valence-corrected chi connectivity index (χ1v) is 3.35. The first-order valence-electron chi connectivity index (χ1n) is 3.35. The molecule has 1 atom stereocenters. The summed E-state index contributed by atoms with van der Waals surface area (Å²) in [5.74, 6) is 0. The van der Waals surface area contributed by atoms with Gasteiger partial charge in [0.1, 0.15) is 0 Å². The van der Waals surface area contributed by atoms with Gasteiger partial charge in [0.2, 0.25) is 0 Å². The van der Waals surface area contributed by atoms with Crippen LogP contribution in [0.5, 0.6) is 0 Å². The maximum atomic E-state index is 3.91. The lowest BCUT2D eigenvalue weighted by Crippen LogP contribution is -1.86. The Morgan fingerprint density at radius 2 is 1.90 bits per heavy atom. The van der Waals surface area contributed by atoms with Crippen LogP contribution in [0.2, 0.25) is 0 Å². The van der Waals surface area contributed by atoms with Crippen molar-refractivity contribution in [3.05, 3.63) is 35.9 Å². The Bertz CT molecular complexity index is 203. The molecule has 10 heavy (non-hydrogen) atoms. The highest BCUT2D eigenvalue weighted by molar-refractivity contribution is 5.27. The molecule has 1 heteroatoms. The molecule has 0 radical (unpaired) electrons. The molecule has 0 bridgehead atoms. The van der Waals surface area contributed by atoms with Gasteiger partial charge in [0.05, 0.1) is 6.04 Å². The zero-order valence-electron chi connectivity index (χ0n) is 6.12. The molecule has 0 spiro atoms. The molecule has 0 fully saturated rings. The topological polar surface area (TPSA) is 12.4 Å². The fourth-order valence-electron chi connectivity index (χ4n) is 0.837. The van der Waals surface area contributed by atoms with Crippen LogP contribution in [-0.2, 0) is 0 Å². The lowest BCUT2D eigenvalue weighted by Gasteiger charge is -2.03. The maximum absolute atomic E-state index is 3.91. The Balaban J connectivity index is 2.84. The van der Waals surface area contributed by atoms with E-state index in [1.54, 1.807) is 0 Å². The van der Waals surface area contributed by atoms with Crippen molar-refractivity contribution >= 4 is 6.72 Å².